The quantitative estimate of drug-likeness (QED) is 0.386. The van der Waals surface area contributed by atoms with Crippen LogP contribution in [-0.2, 0) is 5.75 Å². The van der Waals surface area contributed by atoms with Gasteiger partial charge in [0.25, 0.3) is 0 Å². The molecular formula is C21H30N6S. The topological polar surface area (TPSA) is 58.9 Å². The van der Waals surface area contributed by atoms with E-state index >= 15 is 0 Å². The second kappa shape index (κ2) is 10.4. The van der Waals surface area contributed by atoms with Gasteiger partial charge in [-0.2, -0.15) is 0 Å². The van der Waals surface area contributed by atoms with E-state index in [1.807, 2.05) is 17.1 Å². The number of aromatic nitrogens is 4. The normalized spacial score (nSPS) is 12.6. The maximum absolute atomic E-state index is 4.57. The third kappa shape index (κ3) is 5.45. The van der Waals surface area contributed by atoms with Crippen molar-refractivity contribution in [3.05, 3.63) is 48.5 Å². The summed E-state index contributed by atoms with van der Waals surface area (Å²) in [4.78, 5) is 15.9. The average molecular weight is 399 g/mol. The number of thioether (sulfide) groups is 1. The van der Waals surface area contributed by atoms with Crippen LogP contribution < -0.4 is 5.43 Å². The van der Waals surface area contributed by atoms with Gasteiger partial charge >= 0.3 is 0 Å². The monoisotopic (exact) mass is 398 g/mol. The van der Waals surface area contributed by atoms with Crippen LogP contribution in [-0.4, -0.2) is 50.2 Å². The van der Waals surface area contributed by atoms with Crippen LogP contribution in [0.4, 0.5) is 0 Å². The number of benzene rings is 1. The van der Waals surface area contributed by atoms with E-state index in [0.717, 1.165) is 48.0 Å². The molecule has 0 saturated heterocycles. The molecule has 0 aliphatic rings. The fraction of sp³-hybridized carbons (Fsp3) is 0.476. The van der Waals surface area contributed by atoms with Gasteiger partial charge in [0.1, 0.15) is 23.2 Å². The zero-order valence-corrected chi connectivity index (χ0v) is 17.8. The first-order chi connectivity index (χ1) is 13.7. The smallest absolute Gasteiger partial charge is 0.183 e. The van der Waals surface area contributed by atoms with Gasteiger partial charge in [-0.1, -0.05) is 55.9 Å². The lowest BCUT2D eigenvalue weighted by molar-refractivity contribution is 0.294. The number of fused-ring (bicyclic) bond motifs is 1. The lowest BCUT2D eigenvalue weighted by Gasteiger charge is -2.20. The van der Waals surface area contributed by atoms with Crippen LogP contribution in [0.25, 0.3) is 11.2 Å². The minimum Gasteiger partial charge on any atom is -0.320 e. The van der Waals surface area contributed by atoms with Crippen molar-refractivity contribution in [3.8, 4) is 0 Å². The van der Waals surface area contributed by atoms with Crippen LogP contribution in [0.15, 0.2) is 48.0 Å². The van der Waals surface area contributed by atoms with Crippen molar-refractivity contribution in [2.45, 2.75) is 50.4 Å². The third-order valence-electron chi connectivity index (χ3n) is 4.88. The van der Waals surface area contributed by atoms with E-state index in [2.05, 4.69) is 70.3 Å². The summed E-state index contributed by atoms with van der Waals surface area (Å²) < 4.78 is 1.94. The van der Waals surface area contributed by atoms with Gasteiger partial charge < -0.3 is 10.3 Å². The molecule has 0 saturated carbocycles. The summed E-state index contributed by atoms with van der Waals surface area (Å²) in [6, 6.07) is 10.8. The van der Waals surface area contributed by atoms with E-state index in [1.165, 1.54) is 12.0 Å². The fourth-order valence-corrected chi connectivity index (χ4v) is 4.10. The molecule has 1 N–H and O–H groups in total. The van der Waals surface area contributed by atoms with Gasteiger partial charge in [0.2, 0.25) is 0 Å². The number of hydrogen-bond acceptors (Lipinski definition) is 6. The molecule has 1 aromatic carbocycles. The number of hydrogen-bond donors (Lipinski definition) is 1. The molecule has 0 amide bonds. The van der Waals surface area contributed by atoms with Gasteiger partial charge in [0, 0.05) is 11.8 Å². The van der Waals surface area contributed by atoms with Gasteiger partial charge in [-0.25, -0.2) is 19.6 Å². The molecule has 3 aromatic rings. The van der Waals surface area contributed by atoms with Gasteiger partial charge in [-0.3, -0.25) is 0 Å². The molecule has 3 rings (SSSR count). The Hall–Kier alpha value is -2.12. The van der Waals surface area contributed by atoms with Gasteiger partial charge in [0.05, 0.1) is 0 Å². The molecule has 150 valence electrons. The predicted molar refractivity (Wildman–Crippen MR) is 117 cm³/mol. The molecule has 0 fully saturated rings. The highest BCUT2D eigenvalue weighted by Gasteiger charge is 2.12. The van der Waals surface area contributed by atoms with Crippen molar-refractivity contribution < 1.29 is 0 Å². The van der Waals surface area contributed by atoms with Crippen LogP contribution in [0, 0.1) is 0 Å². The zero-order chi connectivity index (χ0) is 19.8. The standard InChI is InChI=1S/C21H30N6S/c1-4-26(5-2)13-9-10-17(3)25-27-16-24-19-20(27)22-15-23-21(19)28-14-18-11-7-6-8-12-18/h6-8,11-12,15-17,25H,4-5,9-10,13-14H2,1-3H3. The number of imidazole rings is 1. The van der Waals surface area contributed by atoms with E-state index in [1.54, 1.807) is 18.1 Å². The molecular weight excluding hydrogens is 368 g/mol. The van der Waals surface area contributed by atoms with Crippen molar-refractivity contribution in [2.75, 3.05) is 25.1 Å². The first-order valence-electron chi connectivity index (χ1n) is 10.0. The number of nitrogens with one attached hydrogen (secondary N) is 1. The SMILES string of the molecule is CCN(CC)CCCC(C)Nn1cnc2c(SCc3ccccc3)ncnc21. The first-order valence-corrected chi connectivity index (χ1v) is 11.0. The minimum atomic E-state index is 0.350. The van der Waals surface area contributed by atoms with Crippen LogP contribution in [0.1, 0.15) is 39.2 Å². The van der Waals surface area contributed by atoms with Crippen LogP contribution in [0.3, 0.4) is 0 Å². The largest absolute Gasteiger partial charge is 0.320 e. The molecule has 1 unspecified atom stereocenters. The Morgan fingerprint density at radius 2 is 1.89 bits per heavy atom. The number of rotatable bonds is 11. The predicted octanol–water partition coefficient (Wildman–Crippen LogP) is 4.17. The van der Waals surface area contributed by atoms with E-state index < -0.39 is 0 Å². The van der Waals surface area contributed by atoms with E-state index in [-0.39, 0.29) is 0 Å². The van der Waals surface area contributed by atoms with Crippen molar-refractivity contribution in [1.29, 1.82) is 0 Å². The molecule has 28 heavy (non-hydrogen) atoms. The Bertz CT molecular complexity index is 846. The van der Waals surface area contributed by atoms with E-state index in [9.17, 15) is 0 Å². The van der Waals surface area contributed by atoms with Crippen molar-refractivity contribution >= 4 is 22.9 Å². The lowest BCUT2D eigenvalue weighted by Crippen LogP contribution is -2.28. The Balaban J connectivity index is 1.60. The van der Waals surface area contributed by atoms with Crippen molar-refractivity contribution in [2.24, 2.45) is 0 Å². The summed E-state index contributed by atoms with van der Waals surface area (Å²) >= 11 is 1.70. The highest BCUT2D eigenvalue weighted by atomic mass is 32.2. The lowest BCUT2D eigenvalue weighted by atomic mass is 10.2. The summed E-state index contributed by atoms with van der Waals surface area (Å²) in [5.74, 6) is 0.870. The molecule has 7 heteroatoms. The number of nitrogens with zero attached hydrogens (tertiary/aromatic N) is 5. The fourth-order valence-electron chi connectivity index (χ4n) is 3.20. The van der Waals surface area contributed by atoms with Gasteiger partial charge in [-0.15, -0.1) is 0 Å². The molecule has 0 spiro atoms. The highest BCUT2D eigenvalue weighted by Crippen LogP contribution is 2.26. The summed E-state index contributed by atoms with van der Waals surface area (Å²) in [6.07, 6.45) is 5.72. The van der Waals surface area contributed by atoms with E-state index in [4.69, 9.17) is 0 Å². The van der Waals surface area contributed by atoms with Gasteiger partial charge in [0.15, 0.2) is 5.65 Å². The van der Waals surface area contributed by atoms with Crippen LogP contribution in [0.5, 0.6) is 0 Å². The molecule has 0 aliphatic carbocycles. The maximum Gasteiger partial charge on any atom is 0.183 e. The van der Waals surface area contributed by atoms with Gasteiger partial charge in [-0.05, 0) is 45.0 Å². The zero-order valence-electron chi connectivity index (χ0n) is 17.0. The minimum absolute atomic E-state index is 0.350. The average Bonchev–Trinajstić information content (AvgIpc) is 3.14. The summed E-state index contributed by atoms with van der Waals surface area (Å²) in [6.45, 7) is 10.0. The molecule has 6 nitrogen and oxygen atoms in total. The van der Waals surface area contributed by atoms with Crippen molar-refractivity contribution in [3.63, 3.8) is 0 Å². The highest BCUT2D eigenvalue weighted by molar-refractivity contribution is 7.98. The molecule has 1 atom stereocenters. The maximum atomic E-state index is 4.57. The Morgan fingerprint density at radius 3 is 2.64 bits per heavy atom. The van der Waals surface area contributed by atoms with Crippen LogP contribution >= 0.6 is 11.8 Å². The van der Waals surface area contributed by atoms with Crippen molar-refractivity contribution in [1.82, 2.24) is 24.5 Å². The summed E-state index contributed by atoms with van der Waals surface area (Å²) in [7, 11) is 0. The Kier molecular flexibility index (Phi) is 7.68. The first kappa shape index (κ1) is 20.6. The second-order valence-electron chi connectivity index (χ2n) is 6.94. The summed E-state index contributed by atoms with van der Waals surface area (Å²) in [5.41, 5.74) is 6.48. The molecule has 0 bridgehead atoms. The summed E-state index contributed by atoms with van der Waals surface area (Å²) in [5, 5.41) is 0.920. The molecule has 2 aromatic heterocycles. The second-order valence-corrected chi connectivity index (χ2v) is 7.90. The van der Waals surface area contributed by atoms with E-state index in [0.29, 0.717) is 6.04 Å². The molecule has 2 heterocycles. The Morgan fingerprint density at radius 1 is 1.11 bits per heavy atom. The molecule has 0 radical (unpaired) electrons. The Labute approximate surface area is 171 Å². The molecule has 0 aliphatic heterocycles. The van der Waals surface area contributed by atoms with Crippen LogP contribution in [0.2, 0.25) is 0 Å². The third-order valence-corrected chi connectivity index (χ3v) is 5.93.